The van der Waals surface area contributed by atoms with Gasteiger partial charge in [0.1, 0.15) is 5.75 Å². The van der Waals surface area contributed by atoms with Crippen molar-refractivity contribution in [3.63, 3.8) is 0 Å². The maximum Gasteiger partial charge on any atom is 0.118 e. The van der Waals surface area contributed by atoms with Gasteiger partial charge in [0.05, 0.1) is 25.6 Å². The zero-order chi connectivity index (χ0) is 11.4. The van der Waals surface area contributed by atoms with Crippen molar-refractivity contribution in [3.8, 4) is 5.75 Å². The molecule has 2 N–H and O–H groups in total. The smallest absolute Gasteiger partial charge is 0.118 e. The summed E-state index contributed by atoms with van der Waals surface area (Å²) in [6.45, 7) is 1.75. The van der Waals surface area contributed by atoms with Gasteiger partial charge in [0.15, 0.2) is 0 Å². The summed E-state index contributed by atoms with van der Waals surface area (Å²) in [7, 11) is 1.67. The summed E-state index contributed by atoms with van der Waals surface area (Å²) in [6, 6.07) is 8.05. The Morgan fingerprint density at radius 1 is 1.44 bits per heavy atom. The van der Waals surface area contributed by atoms with Crippen molar-refractivity contribution in [3.05, 3.63) is 29.8 Å². The molecule has 0 amide bonds. The van der Waals surface area contributed by atoms with E-state index in [1.807, 2.05) is 36.0 Å². The first kappa shape index (κ1) is 11.8. The molecule has 0 aliphatic carbocycles. The molecule has 1 aromatic carbocycles. The highest BCUT2D eigenvalue weighted by atomic mass is 32.2. The summed E-state index contributed by atoms with van der Waals surface area (Å²) >= 11 is 1.89. The fourth-order valence-corrected chi connectivity index (χ4v) is 2.55. The molecule has 1 unspecified atom stereocenters. The van der Waals surface area contributed by atoms with Crippen LogP contribution in [0.4, 0.5) is 0 Å². The molecular weight excluding hydrogens is 222 g/mol. The van der Waals surface area contributed by atoms with E-state index in [1.165, 1.54) is 0 Å². The summed E-state index contributed by atoms with van der Waals surface area (Å²) in [5.41, 5.74) is 7.27. The van der Waals surface area contributed by atoms with E-state index in [0.717, 1.165) is 30.3 Å². The molecule has 2 rings (SSSR count). The molecule has 0 radical (unpaired) electrons. The quantitative estimate of drug-likeness (QED) is 0.851. The molecule has 1 aromatic rings. The second-order valence-corrected chi connectivity index (χ2v) is 5.21. The average molecular weight is 239 g/mol. The molecule has 1 heterocycles. The Labute approximate surface area is 100 Å². The predicted molar refractivity (Wildman–Crippen MR) is 67.0 cm³/mol. The predicted octanol–water partition coefficient (Wildman–Crippen LogP) is 1.83. The van der Waals surface area contributed by atoms with Crippen LogP contribution in [0.1, 0.15) is 11.6 Å². The van der Waals surface area contributed by atoms with Gasteiger partial charge in [-0.05, 0) is 17.7 Å². The highest BCUT2D eigenvalue weighted by molar-refractivity contribution is 8.00. The first-order valence-electron chi connectivity index (χ1n) is 5.38. The van der Waals surface area contributed by atoms with E-state index < -0.39 is 0 Å². The fourth-order valence-electron chi connectivity index (χ4n) is 1.50. The van der Waals surface area contributed by atoms with Crippen molar-refractivity contribution >= 4 is 11.8 Å². The molecule has 1 aliphatic heterocycles. The third-order valence-electron chi connectivity index (χ3n) is 2.66. The highest BCUT2D eigenvalue weighted by Gasteiger charge is 2.19. The summed E-state index contributed by atoms with van der Waals surface area (Å²) in [5.74, 6) is 1.82. The summed E-state index contributed by atoms with van der Waals surface area (Å²) < 4.78 is 10.2. The normalized spacial score (nSPS) is 17.9. The molecule has 1 aliphatic rings. The van der Waals surface area contributed by atoms with Crippen molar-refractivity contribution in [2.24, 2.45) is 5.73 Å². The topological polar surface area (TPSA) is 44.5 Å². The number of benzene rings is 1. The Balaban J connectivity index is 1.84. The van der Waals surface area contributed by atoms with Gasteiger partial charge in [-0.1, -0.05) is 12.1 Å². The fraction of sp³-hybridized carbons (Fsp3) is 0.500. The lowest BCUT2D eigenvalue weighted by Crippen LogP contribution is -2.31. The standard InChI is InChI=1S/C12H17NO2S/c1-14-10-4-2-9(3-5-10)12(13)8-16-11-6-15-7-11/h2-5,11-12H,6-8,13H2,1H3. The van der Waals surface area contributed by atoms with Crippen LogP contribution >= 0.6 is 11.8 Å². The lowest BCUT2D eigenvalue weighted by Gasteiger charge is -2.26. The molecule has 1 saturated heterocycles. The van der Waals surface area contributed by atoms with Crippen LogP contribution in [0, 0.1) is 0 Å². The summed E-state index contributed by atoms with van der Waals surface area (Å²) in [5, 5.41) is 0.643. The minimum atomic E-state index is 0.0940. The second-order valence-electron chi connectivity index (χ2n) is 3.87. The average Bonchev–Trinajstić information content (AvgIpc) is 2.27. The van der Waals surface area contributed by atoms with Crippen LogP contribution in [0.2, 0.25) is 0 Å². The molecule has 0 saturated carbocycles. The number of hydrogen-bond acceptors (Lipinski definition) is 4. The van der Waals surface area contributed by atoms with Gasteiger partial charge in [-0.25, -0.2) is 0 Å². The van der Waals surface area contributed by atoms with Crippen LogP contribution in [0.25, 0.3) is 0 Å². The minimum absolute atomic E-state index is 0.0940. The number of thioether (sulfide) groups is 1. The molecule has 0 spiro atoms. The monoisotopic (exact) mass is 239 g/mol. The lowest BCUT2D eigenvalue weighted by molar-refractivity contribution is 0.0455. The van der Waals surface area contributed by atoms with Crippen LogP contribution in [0.5, 0.6) is 5.75 Å². The first-order chi connectivity index (χ1) is 7.79. The van der Waals surface area contributed by atoms with Gasteiger partial charge in [-0.3, -0.25) is 0 Å². The molecule has 88 valence electrons. The number of nitrogens with two attached hydrogens (primary N) is 1. The second kappa shape index (κ2) is 5.57. The van der Waals surface area contributed by atoms with E-state index in [1.54, 1.807) is 7.11 Å². The van der Waals surface area contributed by atoms with E-state index in [2.05, 4.69) is 0 Å². The third kappa shape index (κ3) is 2.90. The van der Waals surface area contributed by atoms with Crippen LogP contribution in [-0.4, -0.2) is 31.3 Å². The zero-order valence-corrected chi connectivity index (χ0v) is 10.2. The van der Waals surface area contributed by atoms with Gasteiger partial charge in [-0.2, -0.15) is 11.8 Å². The highest BCUT2D eigenvalue weighted by Crippen LogP contribution is 2.24. The van der Waals surface area contributed by atoms with E-state index in [4.69, 9.17) is 15.2 Å². The van der Waals surface area contributed by atoms with Gasteiger partial charge >= 0.3 is 0 Å². The number of ether oxygens (including phenoxy) is 2. The van der Waals surface area contributed by atoms with E-state index >= 15 is 0 Å². The molecule has 1 atom stereocenters. The van der Waals surface area contributed by atoms with Crippen molar-refractivity contribution < 1.29 is 9.47 Å². The van der Waals surface area contributed by atoms with Gasteiger partial charge in [-0.15, -0.1) is 0 Å². The van der Waals surface area contributed by atoms with Crippen LogP contribution in [-0.2, 0) is 4.74 Å². The number of hydrogen-bond donors (Lipinski definition) is 1. The Morgan fingerprint density at radius 2 is 2.12 bits per heavy atom. The zero-order valence-electron chi connectivity index (χ0n) is 9.39. The van der Waals surface area contributed by atoms with Crippen LogP contribution in [0.15, 0.2) is 24.3 Å². The number of methoxy groups -OCH3 is 1. The maximum atomic E-state index is 6.11. The van der Waals surface area contributed by atoms with Crippen LogP contribution < -0.4 is 10.5 Å². The largest absolute Gasteiger partial charge is 0.497 e. The Bertz CT molecular complexity index is 324. The SMILES string of the molecule is COc1ccc(C(N)CSC2COC2)cc1. The molecule has 3 nitrogen and oxygen atoms in total. The van der Waals surface area contributed by atoms with E-state index in [-0.39, 0.29) is 6.04 Å². The van der Waals surface area contributed by atoms with E-state index in [0.29, 0.717) is 5.25 Å². The molecule has 0 aromatic heterocycles. The molecule has 4 heteroatoms. The molecule has 1 fully saturated rings. The molecule has 0 bridgehead atoms. The summed E-state index contributed by atoms with van der Waals surface area (Å²) in [4.78, 5) is 0. The van der Waals surface area contributed by atoms with Gasteiger partial charge in [0.2, 0.25) is 0 Å². The lowest BCUT2D eigenvalue weighted by atomic mass is 10.1. The van der Waals surface area contributed by atoms with Crippen molar-refractivity contribution in [1.82, 2.24) is 0 Å². The van der Waals surface area contributed by atoms with Crippen molar-refractivity contribution in [1.29, 1.82) is 0 Å². The van der Waals surface area contributed by atoms with E-state index in [9.17, 15) is 0 Å². The molecule has 16 heavy (non-hydrogen) atoms. The Kier molecular flexibility index (Phi) is 4.09. The minimum Gasteiger partial charge on any atom is -0.497 e. The first-order valence-corrected chi connectivity index (χ1v) is 6.43. The maximum absolute atomic E-state index is 6.11. The van der Waals surface area contributed by atoms with Gasteiger partial charge in [0.25, 0.3) is 0 Å². The van der Waals surface area contributed by atoms with Crippen molar-refractivity contribution in [2.45, 2.75) is 11.3 Å². The van der Waals surface area contributed by atoms with Crippen molar-refractivity contribution in [2.75, 3.05) is 26.1 Å². The number of rotatable bonds is 5. The van der Waals surface area contributed by atoms with Gasteiger partial charge in [0, 0.05) is 11.8 Å². The third-order valence-corrected chi connectivity index (χ3v) is 3.96. The van der Waals surface area contributed by atoms with Gasteiger partial charge < -0.3 is 15.2 Å². The summed E-state index contributed by atoms with van der Waals surface area (Å²) in [6.07, 6.45) is 0. The molecular formula is C12H17NO2S. The Hall–Kier alpha value is -0.710. The Morgan fingerprint density at radius 3 is 2.62 bits per heavy atom. The van der Waals surface area contributed by atoms with Crippen LogP contribution in [0.3, 0.4) is 0 Å².